The van der Waals surface area contributed by atoms with Crippen molar-refractivity contribution in [3.8, 4) is 0 Å². The third-order valence-corrected chi connectivity index (χ3v) is 1.73. The predicted molar refractivity (Wildman–Crippen MR) is 54.8 cm³/mol. The Morgan fingerprint density at radius 3 is 2.73 bits per heavy atom. The summed E-state index contributed by atoms with van der Waals surface area (Å²) >= 11 is 0. The Labute approximate surface area is 87.0 Å². The molecule has 78 valence electrons. The smallest absolute Gasteiger partial charge is 0.267 e. The molecule has 0 bridgehead atoms. The van der Waals surface area contributed by atoms with Crippen molar-refractivity contribution in [2.24, 2.45) is 5.73 Å². The number of pyridine rings is 1. The van der Waals surface area contributed by atoms with E-state index in [2.05, 4.69) is 16.9 Å². The summed E-state index contributed by atoms with van der Waals surface area (Å²) in [5.74, 6) is -0.828. The van der Waals surface area contributed by atoms with Gasteiger partial charge in [-0.3, -0.25) is 14.6 Å². The number of nitrogens with two attached hydrogens (primary N) is 1. The second kappa shape index (κ2) is 4.90. The molecule has 0 aliphatic rings. The number of aromatic nitrogens is 1. The Balaban J connectivity index is 2.60. The third-order valence-electron chi connectivity index (χ3n) is 1.73. The lowest BCUT2D eigenvalue weighted by atomic mass is 10.2. The van der Waals surface area contributed by atoms with Gasteiger partial charge in [0.2, 0.25) is 5.91 Å². The molecular weight excluding hydrogens is 194 g/mol. The quantitative estimate of drug-likeness (QED) is 0.677. The molecule has 2 amide bonds. The lowest BCUT2D eigenvalue weighted by molar-refractivity contribution is -0.116. The molecule has 0 aromatic carbocycles. The van der Waals surface area contributed by atoms with Crippen LogP contribution in [0.4, 0.5) is 0 Å². The normalized spacial score (nSPS) is 9.33. The number of primary amides is 1. The molecule has 0 atom stereocenters. The molecule has 0 saturated carbocycles. The monoisotopic (exact) mass is 205 g/mol. The Hall–Kier alpha value is -2.17. The van der Waals surface area contributed by atoms with E-state index in [1.807, 2.05) is 0 Å². The number of carbonyl (C=O) groups excluding carboxylic acids is 2. The van der Waals surface area contributed by atoms with Crippen LogP contribution in [-0.4, -0.2) is 16.8 Å². The SMILES string of the molecule is C=CC(=O)NCc1ccc(C(N)=O)nc1. The minimum atomic E-state index is -0.573. The van der Waals surface area contributed by atoms with Crippen molar-refractivity contribution in [2.75, 3.05) is 0 Å². The van der Waals surface area contributed by atoms with Gasteiger partial charge in [0.05, 0.1) is 0 Å². The fourth-order valence-electron chi connectivity index (χ4n) is 0.936. The van der Waals surface area contributed by atoms with Gasteiger partial charge < -0.3 is 11.1 Å². The van der Waals surface area contributed by atoms with E-state index in [1.165, 1.54) is 18.3 Å². The molecule has 0 unspecified atom stereocenters. The minimum absolute atomic E-state index is 0.203. The summed E-state index contributed by atoms with van der Waals surface area (Å²) in [4.78, 5) is 25.4. The summed E-state index contributed by atoms with van der Waals surface area (Å²) < 4.78 is 0. The van der Waals surface area contributed by atoms with E-state index >= 15 is 0 Å². The molecule has 1 aromatic rings. The number of hydrogen-bond donors (Lipinski definition) is 2. The molecule has 15 heavy (non-hydrogen) atoms. The zero-order valence-corrected chi connectivity index (χ0v) is 8.06. The number of amides is 2. The highest BCUT2D eigenvalue weighted by atomic mass is 16.1. The van der Waals surface area contributed by atoms with Gasteiger partial charge >= 0.3 is 0 Å². The highest BCUT2D eigenvalue weighted by molar-refractivity contribution is 5.90. The van der Waals surface area contributed by atoms with Crippen molar-refractivity contribution in [3.05, 3.63) is 42.2 Å². The molecular formula is C10H11N3O2. The van der Waals surface area contributed by atoms with Crippen molar-refractivity contribution in [3.63, 3.8) is 0 Å². The maximum absolute atomic E-state index is 10.8. The highest BCUT2D eigenvalue weighted by Gasteiger charge is 2.01. The molecule has 5 heteroatoms. The van der Waals surface area contributed by atoms with Gasteiger partial charge in [0.1, 0.15) is 5.69 Å². The molecule has 3 N–H and O–H groups in total. The van der Waals surface area contributed by atoms with Crippen LogP contribution in [0.3, 0.4) is 0 Å². The summed E-state index contributed by atoms with van der Waals surface area (Å²) in [6.07, 6.45) is 2.68. The number of nitrogens with zero attached hydrogens (tertiary/aromatic N) is 1. The molecule has 0 radical (unpaired) electrons. The van der Waals surface area contributed by atoms with E-state index in [4.69, 9.17) is 5.73 Å². The Morgan fingerprint density at radius 2 is 2.27 bits per heavy atom. The third kappa shape index (κ3) is 3.22. The van der Waals surface area contributed by atoms with Crippen molar-refractivity contribution >= 4 is 11.8 Å². The Bertz CT molecular complexity index is 384. The van der Waals surface area contributed by atoms with Crippen LogP contribution < -0.4 is 11.1 Å². The predicted octanol–water partition coefficient (Wildman–Crippen LogP) is -0.0173. The molecule has 0 fully saturated rings. The first-order valence-corrected chi connectivity index (χ1v) is 4.28. The number of rotatable bonds is 4. The van der Waals surface area contributed by atoms with Gasteiger partial charge in [-0.2, -0.15) is 0 Å². The van der Waals surface area contributed by atoms with E-state index in [9.17, 15) is 9.59 Å². The van der Waals surface area contributed by atoms with E-state index in [-0.39, 0.29) is 11.6 Å². The zero-order chi connectivity index (χ0) is 11.3. The van der Waals surface area contributed by atoms with Gasteiger partial charge in [-0.1, -0.05) is 12.6 Å². The van der Waals surface area contributed by atoms with Crippen LogP contribution in [0.5, 0.6) is 0 Å². The van der Waals surface area contributed by atoms with Crippen molar-refractivity contribution in [1.29, 1.82) is 0 Å². The van der Waals surface area contributed by atoms with Gasteiger partial charge in [-0.25, -0.2) is 0 Å². The van der Waals surface area contributed by atoms with E-state index in [1.54, 1.807) is 6.07 Å². The fraction of sp³-hybridized carbons (Fsp3) is 0.100. The molecule has 0 aliphatic carbocycles. The minimum Gasteiger partial charge on any atom is -0.364 e. The summed E-state index contributed by atoms with van der Waals surface area (Å²) in [7, 11) is 0. The van der Waals surface area contributed by atoms with Crippen molar-refractivity contribution < 1.29 is 9.59 Å². The first-order valence-electron chi connectivity index (χ1n) is 4.28. The summed E-state index contributed by atoms with van der Waals surface area (Å²) in [5.41, 5.74) is 6.01. The van der Waals surface area contributed by atoms with Gasteiger partial charge in [0, 0.05) is 12.7 Å². The Morgan fingerprint density at radius 1 is 1.53 bits per heavy atom. The molecule has 0 aliphatic heterocycles. The van der Waals surface area contributed by atoms with E-state index in [0.717, 1.165) is 5.56 Å². The van der Waals surface area contributed by atoms with Crippen LogP contribution in [0, 0.1) is 0 Å². The molecule has 0 saturated heterocycles. The summed E-state index contributed by atoms with van der Waals surface area (Å²) in [5, 5.41) is 2.58. The standard InChI is InChI=1S/C10H11N3O2/c1-2-9(14)13-6-7-3-4-8(10(11)15)12-5-7/h2-5H,1,6H2,(H2,11,15)(H,13,14). The highest BCUT2D eigenvalue weighted by Crippen LogP contribution is 1.99. The molecule has 1 aromatic heterocycles. The van der Waals surface area contributed by atoms with Crippen molar-refractivity contribution in [2.45, 2.75) is 6.54 Å². The second-order valence-electron chi connectivity index (χ2n) is 2.84. The van der Waals surface area contributed by atoms with Crippen molar-refractivity contribution in [1.82, 2.24) is 10.3 Å². The molecule has 1 heterocycles. The zero-order valence-electron chi connectivity index (χ0n) is 8.06. The van der Waals surface area contributed by atoms with E-state index < -0.39 is 5.91 Å². The number of hydrogen-bond acceptors (Lipinski definition) is 3. The first kappa shape index (κ1) is 10.9. The summed E-state index contributed by atoms with van der Waals surface area (Å²) in [6, 6.07) is 3.19. The van der Waals surface area contributed by atoms with Gasteiger partial charge in [0.15, 0.2) is 0 Å². The maximum atomic E-state index is 10.8. The lowest BCUT2D eigenvalue weighted by Crippen LogP contribution is -2.20. The number of nitrogens with one attached hydrogen (secondary N) is 1. The second-order valence-corrected chi connectivity index (χ2v) is 2.84. The van der Waals surface area contributed by atoms with Gasteiger partial charge in [-0.15, -0.1) is 0 Å². The fourth-order valence-corrected chi connectivity index (χ4v) is 0.936. The maximum Gasteiger partial charge on any atom is 0.267 e. The van der Waals surface area contributed by atoms with Crippen LogP contribution in [0.1, 0.15) is 16.1 Å². The number of carbonyl (C=O) groups is 2. The van der Waals surface area contributed by atoms with Crippen LogP contribution in [-0.2, 0) is 11.3 Å². The van der Waals surface area contributed by atoms with Crippen LogP contribution >= 0.6 is 0 Å². The van der Waals surface area contributed by atoms with E-state index in [0.29, 0.717) is 6.54 Å². The Kier molecular flexibility index (Phi) is 3.56. The first-order chi connectivity index (χ1) is 7.13. The van der Waals surface area contributed by atoms with Crippen LogP contribution in [0.15, 0.2) is 31.0 Å². The van der Waals surface area contributed by atoms with Gasteiger partial charge in [-0.05, 0) is 17.7 Å². The largest absolute Gasteiger partial charge is 0.364 e. The average Bonchev–Trinajstić information content (AvgIpc) is 2.26. The van der Waals surface area contributed by atoms with Gasteiger partial charge in [0.25, 0.3) is 5.91 Å². The molecule has 5 nitrogen and oxygen atoms in total. The summed E-state index contributed by atoms with van der Waals surface area (Å²) in [6.45, 7) is 3.67. The lowest BCUT2D eigenvalue weighted by Gasteiger charge is -2.02. The average molecular weight is 205 g/mol. The van der Waals surface area contributed by atoms with Crippen LogP contribution in [0.2, 0.25) is 0 Å². The molecule has 1 rings (SSSR count). The topological polar surface area (TPSA) is 85.1 Å². The molecule has 0 spiro atoms. The van der Waals surface area contributed by atoms with Crippen LogP contribution in [0.25, 0.3) is 0 Å².